The first-order chi connectivity index (χ1) is 14.0. The molecular weight excluding hydrogens is 362 g/mol. The van der Waals surface area contributed by atoms with Gasteiger partial charge in [0.15, 0.2) is 0 Å². The van der Waals surface area contributed by atoms with Gasteiger partial charge in [0.05, 0.1) is 18.2 Å². The molecule has 1 aromatic heterocycles. The van der Waals surface area contributed by atoms with Crippen molar-refractivity contribution in [1.82, 2.24) is 9.88 Å². The average molecular weight is 392 g/mol. The summed E-state index contributed by atoms with van der Waals surface area (Å²) in [5.74, 6) is 1.77. The predicted molar refractivity (Wildman–Crippen MR) is 117 cm³/mol. The number of pyridine rings is 1. The van der Waals surface area contributed by atoms with E-state index in [1.165, 1.54) is 5.56 Å². The lowest BCUT2D eigenvalue weighted by atomic mass is 9.83. The van der Waals surface area contributed by atoms with Gasteiger partial charge in [0.1, 0.15) is 11.6 Å². The molecule has 4 rings (SSSR count). The van der Waals surface area contributed by atoms with Gasteiger partial charge in [-0.1, -0.05) is 36.4 Å². The van der Waals surface area contributed by atoms with E-state index in [-0.39, 0.29) is 0 Å². The quantitative estimate of drug-likeness (QED) is 0.717. The zero-order valence-corrected chi connectivity index (χ0v) is 17.4. The topological polar surface area (TPSA) is 48.8 Å². The number of hydrogen-bond acceptors (Lipinski definition) is 5. The first-order valence-corrected chi connectivity index (χ1v) is 10.1. The number of fused-ring (bicyclic) bond motifs is 1. The summed E-state index contributed by atoms with van der Waals surface area (Å²) in [6.45, 7) is 2.48. The predicted octanol–water partition coefficient (Wildman–Crippen LogP) is 3.79. The van der Waals surface area contributed by atoms with E-state index in [2.05, 4.69) is 34.1 Å². The Hall–Kier alpha value is -2.63. The number of nitrogens with zero attached hydrogens (tertiary/aromatic N) is 3. The molecule has 0 amide bonds. The van der Waals surface area contributed by atoms with E-state index in [0.29, 0.717) is 12.8 Å². The molecule has 1 saturated heterocycles. The molecule has 1 N–H and O–H groups in total. The molecule has 1 aliphatic heterocycles. The Bertz CT molecular complexity index is 994. The minimum Gasteiger partial charge on any atom is -0.496 e. The van der Waals surface area contributed by atoms with Crippen molar-refractivity contribution < 1.29 is 9.84 Å². The van der Waals surface area contributed by atoms with Gasteiger partial charge in [-0.3, -0.25) is 4.90 Å². The third kappa shape index (κ3) is 3.93. The largest absolute Gasteiger partial charge is 0.496 e. The maximum absolute atomic E-state index is 11.3. The Morgan fingerprint density at radius 2 is 1.76 bits per heavy atom. The van der Waals surface area contributed by atoms with Crippen LogP contribution in [0.4, 0.5) is 5.82 Å². The summed E-state index contributed by atoms with van der Waals surface area (Å²) >= 11 is 0. The smallest absolute Gasteiger partial charge is 0.133 e. The minimum atomic E-state index is -0.838. The SMILES string of the molecule is COc1ccccc1C1(O)CCN(Cc2cc3ccccc3nc2N(C)C)CC1. The van der Waals surface area contributed by atoms with Crippen LogP contribution in [0, 0.1) is 0 Å². The van der Waals surface area contributed by atoms with Gasteiger partial charge in [0.2, 0.25) is 0 Å². The number of hydrogen-bond donors (Lipinski definition) is 1. The molecule has 1 fully saturated rings. The first kappa shape index (κ1) is 19.7. The third-order valence-electron chi connectivity index (χ3n) is 5.89. The number of ether oxygens (including phenoxy) is 1. The van der Waals surface area contributed by atoms with Crippen molar-refractivity contribution in [3.63, 3.8) is 0 Å². The fraction of sp³-hybridized carbons (Fsp3) is 0.375. The molecule has 152 valence electrons. The highest BCUT2D eigenvalue weighted by Gasteiger charge is 2.36. The highest BCUT2D eigenvalue weighted by atomic mass is 16.5. The molecule has 29 heavy (non-hydrogen) atoms. The molecule has 1 aliphatic rings. The number of rotatable bonds is 5. The number of para-hydroxylation sites is 2. The van der Waals surface area contributed by atoms with Crippen LogP contribution in [0.5, 0.6) is 5.75 Å². The highest BCUT2D eigenvalue weighted by molar-refractivity contribution is 5.81. The highest BCUT2D eigenvalue weighted by Crippen LogP contribution is 2.38. The second-order valence-corrected chi connectivity index (χ2v) is 8.07. The van der Waals surface area contributed by atoms with E-state index in [9.17, 15) is 5.11 Å². The van der Waals surface area contributed by atoms with Gasteiger partial charge in [-0.25, -0.2) is 4.98 Å². The molecule has 5 heteroatoms. The summed E-state index contributed by atoms with van der Waals surface area (Å²) in [5.41, 5.74) is 2.29. The van der Waals surface area contributed by atoms with Crippen LogP contribution < -0.4 is 9.64 Å². The fourth-order valence-corrected chi connectivity index (χ4v) is 4.27. The average Bonchev–Trinajstić information content (AvgIpc) is 2.75. The molecule has 0 atom stereocenters. The Morgan fingerprint density at radius 1 is 1.07 bits per heavy atom. The zero-order chi connectivity index (χ0) is 20.4. The summed E-state index contributed by atoms with van der Waals surface area (Å²) in [6.07, 6.45) is 1.37. The van der Waals surface area contributed by atoms with Crippen molar-refractivity contribution >= 4 is 16.7 Å². The number of aliphatic hydroxyl groups is 1. The lowest BCUT2D eigenvalue weighted by Crippen LogP contribution is -2.42. The van der Waals surface area contributed by atoms with E-state index in [0.717, 1.165) is 47.7 Å². The lowest BCUT2D eigenvalue weighted by Gasteiger charge is -2.39. The molecule has 2 heterocycles. The first-order valence-electron chi connectivity index (χ1n) is 10.1. The van der Waals surface area contributed by atoms with E-state index in [1.54, 1.807) is 7.11 Å². The minimum absolute atomic E-state index is 0.686. The Labute approximate surface area is 172 Å². The van der Waals surface area contributed by atoms with Gasteiger partial charge in [-0.15, -0.1) is 0 Å². The van der Waals surface area contributed by atoms with E-state index >= 15 is 0 Å². The van der Waals surface area contributed by atoms with Crippen molar-refractivity contribution in [3.05, 3.63) is 65.7 Å². The number of anilines is 1. The maximum atomic E-state index is 11.3. The number of piperidine rings is 1. The number of aromatic nitrogens is 1. The van der Waals surface area contributed by atoms with Crippen LogP contribution in [0.25, 0.3) is 10.9 Å². The second-order valence-electron chi connectivity index (χ2n) is 8.07. The van der Waals surface area contributed by atoms with E-state index < -0.39 is 5.60 Å². The standard InChI is InChI=1S/C24H29N3O2/c1-26(2)23-19(16-18-8-4-6-10-21(18)25-23)17-27-14-12-24(28,13-15-27)20-9-5-7-11-22(20)29-3/h4-11,16,28H,12-15,17H2,1-3H3. The summed E-state index contributed by atoms with van der Waals surface area (Å²) in [6, 6.07) is 18.3. The lowest BCUT2D eigenvalue weighted by molar-refractivity contribution is -0.0292. The second kappa shape index (κ2) is 8.01. The number of likely N-dealkylation sites (tertiary alicyclic amines) is 1. The van der Waals surface area contributed by atoms with Crippen molar-refractivity contribution in [1.29, 1.82) is 0 Å². The van der Waals surface area contributed by atoms with Crippen molar-refractivity contribution in [2.45, 2.75) is 25.0 Å². The molecule has 0 saturated carbocycles. The van der Waals surface area contributed by atoms with Gasteiger partial charge < -0.3 is 14.7 Å². The van der Waals surface area contributed by atoms with Gasteiger partial charge in [0.25, 0.3) is 0 Å². The van der Waals surface area contributed by atoms with Crippen LogP contribution in [0.2, 0.25) is 0 Å². The van der Waals surface area contributed by atoms with Crippen LogP contribution in [0.1, 0.15) is 24.0 Å². The zero-order valence-electron chi connectivity index (χ0n) is 17.4. The summed E-state index contributed by atoms with van der Waals surface area (Å²) in [7, 11) is 5.74. The normalized spacial score (nSPS) is 16.7. The maximum Gasteiger partial charge on any atom is 0.133 e. The molecule has 0 radical (unpaired) electrons. The van der Waals surface area contributed by atoms with Crippen LogP contribution >= 0.6 is 0 Å². The molecule has 3 aromatic rings. The number of methoxy groups -OCH3 is 1. The Balaban J connectivity index is 1.53. The van der Waals surface area contributed by atoms with Gasteiger partial charge in [-0.2, -0.15) is 0 Å². The van der Waals surface area contributed by atoms with Crippen LogP contribution in [0.15, 0.2) is 54.6 Å². The van der Waals surface area contributed by atoms with Gasteiger partial charge in [-0.05, 0) is 31.0 Å². The van der Waals surface area contributed by atoms with Crippen molar-refractivity contribution in [2.75, 3.05) is 39.2 Å². The van der Waals surface area contributed by atoms with Crippen LogP contribution in [0.3, 0.4) is 0 Å². The van der Waals surface area contributed by atoms with E-state index in [1.807, 2.05) is 44.4 Å². The van der Waals surface area contributed by atoms with Gasteiger partial charge in [0, 0.05) is 50.2 Å². The van der Waals surface area contributed by atoms with Crippen LogP contribution in [-0.2, 0) is 12.1 Å². The van der Waals surface area contributed by atoms with Crippen LogP contribution in [-0.4, -0.2) is 49.3 Å². The monoisotopic (exact) mass is 391 g/mol. The fourth-order valence-electron chi connectivity index (χ4n) is 4.27. The third-order valence-corrected chi connectivity index (χ3v) is 5.89. The summed E-state index contributed by atoms with van der Waals surface area (Å²) in [4.78, 5) is 9.36. The van der Waals surface area contributed by atoms with E-state index in [4.69, 9.17) is 9.72 Å². The Kier molecular flexibility index (Phi) is 5.43. The molecule has 0 spiro atoms. The molecular formula is C24H29N3O2. The summed E-state index contributed by atoms with van der Waals surface area (Å²) < 4.78 is 5.48. The molecule has 5 nitrogen and oxygen atoms in total. The molecule has 2 aromatic carbocycles. The summed E-state index contributed by atoms with van der Waals surface area (Å²) in [5, 5.41) is 12.5. The molecule has 0 unspecified atom stereocenters. The van der Waals surface area contributed by atoms with Crippen molar-refractivity contribution in [2.24, 2.45) is 0 Å². The Morgan fingerprint density at radius 3 is 2.48 bits per heavy atom. The molecule has 0 bridgehead atoms. The molecule has 0 aliphatic carbocycles. The van der Waals surface area contributed by atoms with Crippen molar-refractivity contribution in [3.8, 4) is 5.75 Å². The number of benzene rings is 2. The van der Waals surface area contributed by atoms with Gasteiger partial charge >= 0.3 is 0 Å².